The van der Waals surface area contributed by atoms with Crippen LogP contribution in [0.3, 0.4) is 0 Å². The van der Waals surface area contributed by atoms with E-state index >= 15 is 0 Å². The zero-order valence-corrected chi connectivity index (χ0v) is 18.9. The molecule has 1 N–H and O–H groups in total. The SMILES string of the molecule is C=CCCCO[C@H]1O[C@@H]2CO[Si](C(C)(C)C)(C(C)(C)C)O[C@H]2[C@@H]2OC(=O)N[C@H]12. The Morgan fingerprint density at radius 1 is 1.21 bits per heavy atom. The third kappa shape index (κ3) is 3.77. The number of rotatable bonds is 5. The molecule has 0 spiro atoms. The maximum absolute atomic E-state index is 12.0. The van der Waals surface area contributed by atoms with Crippen LogP contribution in [-0.4, -0.2) is 58.5 Å². The Kier molecular flexibility index (Phi) is 6.00. The quantitative estimate of drug-likeness (QED) is 0.421. The van der Waals surface area contributed by atoms with Gasteiger partial charge in [0.15, 0.2) is 12.4 Å². The number of hydrogen-bond acceptors (Lipinski definition) is 6. The van der Waals surface area contributed by atoms with E-state index in [1.165, 1.54) is 0 Å². The second-order valence-electron chi connectivity index (χ2n) is 9.89. The lowest BCUT2D eigenvalue weighted by Gasteiger charge is -2.57. The van der Waals surface area contributed by atoms with Crippen LogP contribution in [0.1, 0.15) is 54.4 Å². The number of carbonyl (C=O) groups is 1. The van der Waals surface area contributed by atoms with Crippen LogP contribution in [0.25, 0.3) is 0 Å². The molecular formula is C20H35NO6Si. The molecule has 0 unspecified atom stereocenters. The minimum absolute atomic E-state index is 0.153. The molecule has 3 heterocycles. The zero-order chi connectivity index (χ0) is 20.7. The summed E-state index contributed by atoms with van der Waals surface area (Å²) in [5, 5.41) is 2.54. The van der Waals surface area contributed by atoms with Gasteiger partial charge in [-0.3, -0.25) is 0 Å². The lowest BCUT2D eigenvalue weighted by atomic mass is 9.98. The topological polar surface area (TPSA) is 75.2 Å². The molecule has 7 nitrogen and oxygen atoms in total. The Labute approximate surface area is 169 Å². The minimum atomic E-state index is -2.69. The Balaban J connectivity index is 1.82. The maximum atomic E-state index is 12.0. The Morgan fingerprint density at radius 2 is 1.89 bits per heavy atom. The molecule has 0 radical (unpaired) electrons. The van der Waals surface area contributed by atoms with Gasteiger partial charge in [0.05, 0.1) is 13.2 Å². The first-order valence-electron chi connectivity index (χ1n) is 10.2. The van der Waals surface area contributed by atoms with Gasteiger partial charge in [0.25, 0.3) is 0 Å². The van der Waals surface area contributed by atoms with Crippen LogP contribution in [0.15, 0.2) is 12.7 Å². The number of ether oxygens (including phenoxy) is 3. The molecule has 0 aliphatic carbocycles. The van der Waals surface area contributed by atoms with E-state index < -0.39 is 27.0 Å². The zero-order valence-electron chi connectivity index (χ0n) is 17.9. The highest BCUT2D eigenvalue weighted by Crippen LogP contribution is 2.55. The summed E-state index contributed by atoms with van der Waals surface area (Å²) >= 11 is 0. The van der Waals surface area contributed by atoms with E-state index in [-0.39, 0.29) is 28.3 Å². The maximum Gasteiger partial charge on any atom is 0.408 e. The van der Waals surface area contributed by atoms with E-state index in [2.05, 4.69) is 53.4 Å². The van der Waals surface area contributed by atoms with E-state index in [1.54, 1.807) is 0 Å². The number of amides is 1. The number of hydrogen-bond donors (Lipinski definition) is 1. The van der Waals surface area contributed by atoms with Crippen molar-refractivity contribution in [2.24, 2.45) is 0 Å². The van der Waals surface area contributed by atoms with Gasteiger partial charge in [0, 0.05) is 10.1 Å². The molecule has 0 aromatic rings. The van der Waals surface area contributed by atoms with E-state index in [0.717, 1.165) is 12.8 Å². The molecule has 0 bridgehead atoms. The van der Waals surface area contributed by atoms with Crippen LogP contribution in [0, 0.1) is 0 Å². The number of allylic oxidation sites excluding steroid dienone is 1. The summed E-state index contributed by atoms with van der Waals surface area (Å²) in [6.07, 6.45) is 1.40. The van der Waals surface area contributed by atoms with Gasteiger partial charge in [0.2, 0.25) is 0 Å². The first-order valence-corrected chi connectivity index (χ1v) is 12.0. The Hall–Kier alpha value is -0.933. The molecule has 8 heteroatoms. The average Bonchev–Trinajstić information content (AvgIpc) is 2.98. The van der Waals surface area contributed by atoms with Crippen molar-refractivity contribution in [1.82, 2.24) is 5.32 Å². The molecule has 0 saturated carbocycles. The first-order chi connectivity index (χ1) is 13.0. The summed E-state index contributed by atoms with van der Waals surface area (Å²) in [7, 11) is -2.69. The van der Waals surface area contributed by atoms with Gasteiger partial charge in [0.1, 0.15) is 18.2 Å². The van der Waals surface area contributed by atoms with Crippen molar-refractivity contribution in [2.45, 2.75) is 95.1 Å². The molecule has 0 aromatic heterocycles. The summed E-state index contributed by atoms with van der Waals surface area (Å²) in [5.41, 5.74) is 0. The van der Waals surface area contributed by atoms with Crippen molar-refractivity contribution in [3.63, 3.8) is 0 Å². The highest BCUT2D eigenvalue weighted by Gasteiger charge is 2.66. The number of carbonyl (C=O) groups excluding carboxylic acids is 1. The number of alkyl carbamates (subject to hydrolysis) is 1. The molecule has 0 aromatic carbocycles. The van der Waals surface area contributed by atoms with Crippen LogP contribution in [0.2, 0.25) is 10.1 Å². The summed E-state index contributed by atoms with van der Waals surface area (Å²) in [5.74, 6) is 0. The summed E-state index contributed by atoms with van der Waals surface area (Å²) in [6.45, 7) is 17.6. The second kappa shape index (κ2) is 7.72. The molecule has 5 atom stereocenters. The Morgan fingerprint density at radius 3 is 2.50 bits per heavy atom. The van der Waals surface area contributed by atoms with Gasteiger partial charge in [-0.05, 0) is 12.8 Å². The lowest BCUT2D eigenvalue weighted by molar-refractivity contribution is -0.269. The first kappa shape index (κ1) is 21.8. The van der Waals surface area contributed by atoms with Gasteiger partial charge in [-0.15, -0.1) is 6.58 Å². The fourth-order valence-electron chi connectivity index (χ4n) is 4.67. The minimum Gasteiger partial charge on any atom is -0.441 e. The highest BCUT2D eigenvalue weighted by atomic mass is 28.4. The summed E-state index contributed by atoms with van der Waals surface area (Å²) in [4.78, 5) is 12.0. The predicted molar refractivity (Wildman–Crippen MR) is 107 cm³/mol. The molecule has 3 rings (SSSR count). The van der Waals surface area contributed by atoms with Gasteiger partial charge >= 0.3 is 14.7 Å². The largest absolute Gasteiger partial charge is 0.441 e. The highest BCUT2D eigenvalue weighted by molar-refractivity contribution is 6.73. The monoisotopic (exact) mass is 413 g/mol. The standard InChI is InChI=1S/C20H35NO6Si/c1-8-9-10-11-23-17-14-16(26-18(22)21-14)15-13(25-17)12-24-28(27-15,19(2,3)4)20(5,6)7/h8,13-17H,1,9-12H2,2-7H3,(H,21,22)/t13-,14+,15-,16-,17+/m1/s1. The van der Waals surface area contributed by atoms with E-state index in [9.17, 15) is 4.79 Å². The van der Waals surface area contributed by atoms with E-state index in [0.29, 0.717) is 13.2 Å². The van der Waals surface area contributed by atoms with Crippen molar-refractivity contribution in [2.75, 3.05) is 13.2 Å². The van der Waals surface area contributed by atoms with Crippen molar-refractivity contribution in [1.29, 1.82) is 0 Å². The van der Waals surface area contributed by atoms with Gasteiger partial charge in [-0.1, -0.05) is 47.6 Å². The Bertz CT molecular complexity index is 584. The third-order valence-electron chi connectivity index (χ3n) is 5.74. The van der Waals surface area contributed by atoms with Gasteiger partial charge < -0.3 is 28.4 Å². The van der Waals surface area contributed by atoms with Crippen molar-refractivity contribution >= 4 is 14.7 Å². The number of nitrogens with one attached hydrogen (secondary N) is 1. The third-order valence-corrected chi connectivity index (χ3v) is 10.9. The summed E-state index contributed by atoms with van der Waals surface area (Å²) < 4.78 is 31.0. The molecule has 3 saturated heterocycles. The molecule has 160 valence electrons. The number of fused-ring (bicyclic) bond motifs is 3. The fraction of sp³-hybridized carbons (Fsp3) is 0.850. The second-order valence-corrected chi connectivity index (χ2v) is 14.7. The van der Waals surface area contributed by atoms with E-state index in [4.69, 9.17) is 23.1 Å². The van der Waals surface area contributed by atoms with Crippen LogP contribution in [0.4, 0.5) is 4.79 Å². The predicted octanol–water partition coefficient (Wildman–Crippen LogP) is 3.63. The van der Waals surface area contributed by atoms with Crippen LogP contribution >= 0.6 is 0 Å². The van der Waals surface area contributed by atoms with E-state index in [1.807, 2.05) is 6.08 Å². The van der Waals surface area contributed by atoms with Crippen LogP contribution < -0.4 is 5.32 Å². The summed E-state index contributed by atoms with van der Waals surface area (Å²) in [6, 6.07) is -0.387. The molecule has 3 aliphatic rings. The van der Waals surface area contributed by atoms with Gasteiger partial charge in [-0.2, -0.15) is 0 Å². The van der Waals surface area contributed by atoms with Crippen molar-refractivity contribution < 1.29 is 27.9 Å². The van der Waals surface area contributed by atoms with Crippen molar-refractivity contribution in [3.8, 4) is 0 Å². The fourth-order valence-corrected chi connectivity index (χ4v) is 9.63. The van der Waals surface area contributed by atoms with Gasteiger partial charge in [-0.25, -0.2) is 4.79 Å². The normalized spacial score (nSPS) is 34.8. The van der Waals surface area contributed by atoms with Crippen LogP contribution in [-0.2, 0) is 23.1 Å². The average molecular weight is 414 g/mol. The molecule has 3 fully saturated rings. The molecule has 3 aliphatic heterocycles. The molecule has 1 amide bonds. The van der Waals surface area contributed by atoms with Crippen molar-refractivity contribution in [3.05, 3.63) is 12.7 Å². The molecular weight excluding hydrogens is 378 g/mol. The molecule has 28 heavy (non-hydrogen) atoms. The van der Waals surface area contributed by atoms with Crippen LogP contribution in [0.5, 0.6) is 0 Å². The lowest BCUT2D eigenvalue weighted by Crippen LogP contribution is -2.71. The number of unbranched alkanes of at least 4 members (excludes halogenated alkanes) is 1. The smallest absolute Gasteiger partial charge is 0.408 e.